The number of aromatic nitrogens is 4. The van der Waals surface area contributed by atoms with Crippen LogP contribution < -0.4 is 10.1 Å². The average Bonchev–Trinajstić information content (AvgIpc) is 3.08. The lowest BCUT2D eigenvalue weighted by atomic mass is 10.1. The van der Waals surface area contributed by atoms with Crippen molar-refractivity contribution in [3.8, 4) is 5.75 Å². The smallest absolute Gasteiger partial charge is 0.418 e. The van der Waals surface area contributed by atoms with Gasteiger partial charge in [-0.3, -0.25) is 4.79 Å². The van der Waals surface area contributed by atoms with Gasteiger partial charge in [0.1, 0.15) is 11.3 Å². The van der Waals surface area contributed by atoms with E-state index in [1.807, 2.05) is 12.1 Å². The second kappa shape index (κ2) is 7.82. The van der Waals surface area contributed by atoms with Crippen molar-refractivity contribution in [3.63, 3.8) is 0 Å². The maximum Gasteiger partial charge on any atom is 0.418 e. The first-order valence-electron chi connectivity index (χ1n) is 8.64. The van der Waals surface area contributed by atoms with Crippen molar-refractivity contribution in [2.45, 2.75) is 11.3 Å². The number of benzene rings is 2. The third kappa shape index (κ3) is 4.01. The number of hydrogen-bond acceptors (Lipinski definition) is 6. The molecule has 2 heterocycles. The molecule has 0 atom stereocenters. The summed E-state index contributed by atoms with van der Waals surface area (Å²) < 4.78 is 44.3. The summed E-state index contributed by atoms with van der Waals surface area (Å²) in [6.45, 7) is 0. The maximum absolute atomic E-state index is 13.0. The van der Waals surface area contributed by atoms with E-state index in [0.29, 0.717) is 16.9 Å². The summed E-state index contributed by atoms with van der Waals surface area (Å²) in [5, 5.41) is 11.5. The fourth-order valence-electron chi connectivity index (χ4n) is 2.88. The second-order valence-electron chi connectivity index (χ2n) is 6.21. The summed E-state index contributed by atoms with van der Waals surface area (Å²) in [6, 6.07) is 10.2. The molecule has 1 amide bonds. The zero-order chi connectivity index (χ0) is 21.3. The Morgan fingerprint density at radius 1 is 1.20 bits per heavy atom. The van der Waals surface area contributed by atoms with Crippen LogP contribution >= 0.6 is 11.8 Å². The normalized spacial score (nSPS) is 11.7. The number of methoxy groups -OCH3 is 1. The van der Waals surface area contributed by atoms with E-state index < -0.39 is 17.6 Å². The van der Waals surface area contributed by atoms with E-state index in [9.17, 15) is 18.0 Å². The molecule has 0 aliphatic carbocycles. The molecule has 0 fully saturated rings. The maximum atomic E-state index is 13.0. The number of ether oxygens (including phenoxy) is 1. The standard InChI is InChI=1S/C19H14F3N5O2S/c1-29-10-6-7-13-11(8-10)16-17(24-13)25-18(27-26-16)30-9-15(28)23-14-5-3-2-4-12(14)19(20,21)22/h2-8H,9H2,1H3,(H,23,28)(H,24,25,27). The third-order valence-electron chi connectivity index (χ3n) is 4.24. The molecule has 2 aromatic carbocycles. The van der Waals surface area contributed by atoms with Crippen molar-refractivity contribution in [2.24, 2.45) is 0 Å². The third-order valence-corrected chi connectivity index (χ3v) is 5.08. The number of para-hydroxylation sites is 1. The first-order chi connectivity index (χ1) is 14.3. The molecule has 0 spiro atoms. The molecule has 0 bridgehead atoms. The van der Waals surface area contributed by atoms with E-state index >= 15 is 0 Å². The van der Waals surface area contributed by atoms with Crippen molar-refractivity contribution in [1.29, 1.82) is 0 Å². The molecule has 0 unspecified atom stereocenters. The molecule has 0 saturated carbocycles. The zero-order valence-electron chi connectivity index (χ0n) is 15.4. The SMILES string of the molecule is COc1ccc2[nH]c3nc(SCC(=O)Nc4ccccc4C(F)(F)F)nnc3c2c1. The van der Waals surface area contributed by atoms with Gasteiger partial charge in [0.05, 0.1) is 24.1 Å². The van der Waals surface area contributed by atoms with Crippen LogP contribution in [-0.2, 0) is 11.0 Å². The van der Waals surface area contributed by atoms with Crippen LogP contribution in [0.1, 0.15) is 5.56 Å². The number of rotatable bonds is 5. The van der Waals surface area contributed by atoms with Gasteiger partial charge < -0.3 is 15.0 Å². The topological polar surface area (TPSA) is 92.8 Å². The first kappa shape index (κ1) is 20.0. The molecule has 7 nitrogen and oxygen atoms in total. The molecule has 0 radical (unpaired) electrons. The number of carbonyl (C=O) groups is 1. The number of nitrogens with zero attached hydrogens (tertiary/aromatic N) is 3. The zero-order valence-corrected chi connectivity index (χ0v) is 16.3. The van der Waals surface area contributed by atoms with Crippen LogP contribution in [0.15, 0.2) is 47.6 Å². The number of halogens is 3. The van der Waals surface area contributed by atoms with Gasteiger partial charge in [-0.05, 0) is 30.3 Å². The Hall–Kier alpha value is -3.34. The van der Waals surface area contributed by atoms with Crippen LogP contribution in [-0.4, -0.2) is 38.9 Å². The minimum Gasteiger partial charge on any atom is -0.497 e. The number of alkyl halides is 3. The molecule has 30 heavy (non-hydrogen) atoms. The van der Waals surface area contributed by atoms with Gasteiger partial charge >= 0.3 is 6.18 Å². The number of amides is 1. The van der Waals surface area contributed by atoms with Gasteiger partial charge in [0.15, 0.2) is 5.65 Å². The average molecular weight is 433 g/mol. The lowest BCUT2D eigenvalue weighted by molar-refractivity contribution is -0.137. The molecule has 0 aliphatic heterocycles. The summed E-state index contributed by atoms with van der Waals surface area (Å²) in [5.74, 6) is -0.116. The van der Waals surface area contributed by atoms with Gasteiger partial charge in [-0.15, -0.1) is 10.2 Å². The predicted octanol–water partition coefficient (Wildman–Crippen LogP) is 4.26. The van der Waals surface area contributed by atoms with E-state index in [4.69, 9.17) is 4.74 Å². The number of hydrogen-bond donors (Lipinski definition) is 2. The van der Waals surface area contributed by atoms with Crippen LogP contribution in [0.25, 0.3) is 22.1 Å². The molecule has 4 rings (SSSR count). The molecule has 2 aromatic heterocycles. The highest BCUT2D eigenvalue weighted by Gasteiger charge is 2.33. The quantitative estimate of drug-likeness (QED) is 0.457. The number of fused-ring (bicyclic) bond motifs is 3. The number of aromatic amines is 1. The Morgan fingerprint density at radius 3 is 2.77 bits per heavy atom. The van der Waals surface area contributed by atoms with Crippen LogP contribution in [0, 0.1) is 0 Å². The Balaban J connectivity index is 1.49. The summed E-state index contributed by atoms with van der Waals surface area (Å²) in [5.41, 5.74) is 0.637. The number of nitrogens with one attached hydrogen (secondary N) is 2. The summed E-state index contributed by atoms with van der Waals surface area (Å²) >= 11 is 0.971. The molecular formula is C19H14F3N5O2S. The van der Waals surface area contributed by atoms with Gasteiger partial charge in [-0.25, -0.2) is 4.98 Å². The molecule has 2 N–H and O–H groups in total. The first-order valence-corrected chi connectivity index (χ1v) is 9.63. The highest BCUT2D eigenvalue weighted by Crippen LogP contribution is 2.34. The highest BCUT2D eigenvalue weighted by molar-refractivity contribution is 7.99. The largest absolute Gasteiger partial charge is 0.497 e. The molecular weight excluding hydrogens is 419 g/mol. The van der Waals surface area contributed by atoms with Crippen LogP contribution in [0.4, 0.5) is 18.9 Å². The molecule has 4 aromatic rings. The Bertz CT molecular complexity index is 1240. The lowest BCUT2D eigenvalue weighted by Gasteiger charge is -2.13. The van der Waals surface area contributed by atoms with Gasteiger partial charge in [-0.2, -0.15) is 13.2 Å². The number of thioether (sulfide) groups is 1. The molecule has 11 heteroatoms. The fourth-order valence-corrected chi connectivity index (χ4v) is 3.47. The van der Waals surface area contributed by atoms with Gasteiger partial charge in [0.2, 0.25) is 11.1 Å². The van der Waals surface area contributed by atoms with Crippen LogP contribution in [0.3, 0.4) is 0 Å². The summed E-state index contributed by atoms with van der Waals surface area (Å²) in [6.07, 6.45) is -4.56. The van der Waals surface area contributed by atoms with E-state index in [2.05, 4.69) is 25.5 Å². The van der Waals surface area contributed by atoms with Gasteiger partial charge in [-0.1, -0.05) is 23.9 Å². The van der Waals surface area contributed by atoms with Crippen molar-refractivity contribution < 1.29 is 22.7 Å². The van der Waals surface area contributed by atoms with Crippen molar-refractivity contribution >= 4 is 45.4 Å². The van der Waals surface area contributed by atoms with Crippen molar-refractivity contribution in [2.75, 3.05) is 18.2 Å². The Morgan fingerprint density at radius 2 is 2.00 bits per heavy atom. The Kier molecular flexibility index (Phi) is 5.20. The minimum absolute atomic E-state index is 0.173. The lowest BCUT2D eigenvalue weighted by Crippen LogP contribution is -2.18. The summed E-state index contributed by atoms with van der Waals surface area (Å²) in [4.78, 5) is 19.6. The Labute approximate surface area is 172 Å². The minimum atomic E-state index is -4.56. The van der Waals surface area contributed by atoms with Crippen molar-refractivity contribution in [1.82, 2.24) is 20.2 Å². The number of carbonyl (C=O) groups excluding carboxylic acids is 1. The predicted molar refractivity (Wildman–Crippen MR) is 107 cm³/mol. The highest BCUT2D eigenvalue weighted by atomic mass is 32.2. The van der Waals surface area contributed by atoms with E-state index in [1.54, 1.807) is 13.2 Å². The van der Waals surface area contributed by atoms with Gasteiger partial charge in [0.25, 0.3) is 0 Å². The van der Waals surface area contributed by atoms with Crippen molar-refractivity contribution in [3.05, 3.63) is 48.0 Å². The molecule has 0 saturated heterocycles. The number of anilines is 1. The fraction of sp³-hybridized carbons (Fsp3) is 0.158. The van der Waals surface area contributed by atoms with Crippen LogP contribution in [0.5, 0.6) is 5.75 Å². The van der Waals surface area contributed by atoms with E-state index in [1.165, 1.54) is 18.2 Å². The molecule has 0 aliphatic rings. The van der Waals surface area contributed by atoms with E-state index in [-0.39, 0.29) is 16.6 Å². The molecule has 154 valence electrons. The van der Waals surface area contributed by atoms with Gasteiger partial charge in [0, 0.05) is 10.9 Å². The monoisotopic (exact) mass is 433 g/mol. The second-order valence-corrected chi connectivity index (χ2v) is 7.15. The van der Waals surface area contributed by atoms with Crippen LogP contribution in [0.2, 0.25) is 0 Å². The van der Waals surface area contributed by atoms with E-state index in [0.717, 1.165) is 28.7 Å². The summed E-state index contributed by atoms with van der Waals surface area (Å²) in [7, 11) is 1.56. The number of H-pyrrole nitrogens is 1.